The predicted molar refractivity (Wildman–Crippen MR) is 103 cm³/mol. The predicted octanol–water partition coefficient (Wildman–Crippen LogP) is 3.05. The zero-order valence-corrected chi connectivity index (χ0v) is 17.4. The van der Waals surface area contributed by atoms with Gasteiger partial charge in [0.15, 0.2) is 0 Å². The molecule has 4 aliphatic rings. The maximum atomic E-state index is 13.3. The Morgan fingerprint density at radius 3 is 2.29 bits per heavy atom. The highest BCUT2D eigenvalue weighted by atomic mass is 32.2. The zero-order valence-electron chi connectivity index (χ0n) is 16.5. The van der Waals surface area contributed by atoms with Gasteiger partial charge in [-0.2, -0.15) is 18.4 Å². The Balaban J connectivity index is 1.67. The Hall–Kier alpha value is -2.16. The number of ether oxygens (including phenoxy) is 1. The number of nitriles is 1. The van der Waals surface area contributed by atoms with Crippen LogP contribution in [0.3, 0.4) is 0 Å². The van der Waals surface area contributed by atoms with Crippen LogP contribution in [-0.2, 0) is 22.2 Å². The molecule has 3 saturated carbocycles. The van der Waals surface area contributed by atoms with Crippen LogP contribution in [0.2, 0.25) is 0 Å². The molecule has 7 nitrogen and oxygen atoms in total. The average Bonchev–Trinajstić information content (AvgIpc) is 2.70. The van der Waals surface area contributed by atoms with E-state index in [2.05, 4.69) is 11.4 Å². The monoisotopic (exact) mass is 456 g/mol. The average molecular weight is 456 g/mol. The van der Waals surface area contributed by atoms with Crippen LogP contribution in [0.25, 0.3) is 0 Å². The lowest BCUT2D eigenvalue weighted by Crippen LogP contribution is -2.56. The van der Waals surface area contributed by atoms with Crippen molar-refractivity contribution in [2.45, 2.75) is 56.3 Å². The largest absolute Gasteiger partial charge is 0.755 e. The minimum atomic E-state index is -4.69. The smallest absolute Gasteiger partial charge is 0.416 e. The topological polar surface area (TPSA) is 105 Å². The van der Waals surface area contributed by atoms with Crippen molar-refractivity contribution in [3.63, 3.8) is 0 Å². The van der Waals surface area contributed by atoms with Gasteiger partial charge in [0.2, 0.25) is 0 Å². The van der Waals surface area contributed by atoms with E-state index in [-0.39, 0.29) is 29.9 Å². The first-order chi connectivity index (χ1) is 14.6. The van der Waals surface area contributed by atoms with Crippen LogP contribution in [-0.4, -0.2) is 39.5 Å². The highest BCUT2D eigenvalue weighted by molar-refractivity contribution is 7.80. The number of nitrogens with one attached hydrogen (secondary N) is 1. The number of carbonyl (C=O) groups is 1. The summed E-state index contributed by atoms with van der Waals surface area (Å²) in [7, 11) is 0. The van der Waals surface area contributed by atoms with E-state index in [0.29, 0.717) is 44.6 Å². The number of fused-ring (bicyclic) bond motifs is 3. The lowest BCUT2D eigenvalue weighted by Gasteiger charge is -2.50. The Bertz CT molecular complexity index is 933. The van der Waals surface area contributed by atoms with Crippen LogP contribution in [0.1, 0.15) is 54.4 Å². The molecule has 0 radical (unpaired) electrons. The van der Waals surface area contributed by atoms with Gasteiger partial charge in [-0.25, -0.2) is 0 Å². The van der Waals surface area contributed by atoms with E-state index in [0.717, 1.165) is 16.4 Å². The second-order valence-electron chi connectivity index (χ2n) is 8.59. The number of carbonyl (C=O) groups excluding carboxylic acids is 1. The molecule has 5 rings (SSSR count). The molecule has 0 aromatic heterocycles. The second kappa shape index (κ2) is 7.76. The number of rotatable bonds is 5. The van der Waals surface area contributed by atoms with Crippen molar-refractivity contribution in [1.82, 2.24) is 5.32 Å². The number of nitrogens with zero attached hydrogens (tertiary/aromatic N) is 2. The van der Waals surface area contributed by atoms with Crippen molar-refractivity contribution in [1.29, 1.82) is 5.26 Å². The number of alkyl halides is 3. The lowest BCUT2D eigenvalue weighted by atomic mass is 9.58. The molecule has 1 aromatic carbocycles. The van der Waals surface area contributed by atoms with E-state index < -0.39 is 40.5 Å². The number of hydrogen-bond acceptors (Lipinski definition) is 5. The molecule has 1 heterocycles. The van der Waals surface area contributed by atoms with E-state index in [9.17, 15) is 32.0 Å². The first-order valence-electron chi connectivity index (χ1n) is 10.00. The fourth-order valence-electron chi connectivity index (χ4n) is 4.69. The summed E-state index contributed by atoms with van der Waals surface area (Å²) in [6.07, 6.45) is -1.13. The van der Waals surface area contributed by atoms with Gasteiger partial charge in [0.1, 0.15) is 0 Å². The van der Waals surface area contributed by atoms with Crippen molar-refractivity contribution in [3.05, 3.63) is 29.3 Å². The van der Waals surface area contributed by atoms with Crippen LogP contribution in [0.15, 0.2) is 18.2 Å². The molecule has 1 atom stereocenters. The van der Waals surface area contributed by atoms with Gasteiger partial charge in [0.05, 0.1) is 47.6 Å². The minimum absolute atomic E-state index is 0.0935. The summed E-state index contributed by atoms with van der Waals surface area (Å²) < 4.78 is 69.6. The second-order valence-corrected chi connectivity index (χ2v) is 9.42. The molecule has 0 spiro atoms. The molecule has 11 heteroatoms. The third-order valence-corrected chi connectivity index (χ3v) is 7.60. The minimum Gasteiger partial charge on any atom is -0.755 e. The fraction of sp³-hybridized carbons (Fsp3) is 0.600. The summed E-state index contributed by atoms with van der Waals surface area (Å²) in [6.45, 7) is 0.187. The molecule has 1 unspecified atom stereocenters. The van der Waals surface area contributed by atoms with Crippen LogP contribution >= 0.6 is 0 Å². The normalized spacial score (nSPS) is 29.0. The lowest BCUT2D eigenvalue weighted by molar-refractivity contribution is -0.137. The van der Waals surface area contributed by atoms with Crippen LogP contribution in [0.5, 0.6) is 0 Å². The molecule has 1 aromatic rings. The summed E-state index contributed by atoms with van der Waals surface area (Å²) in [4.78, 5) is 13.2. The number of anilines is 1. The first-order valence-corrected chi connectivity index (χ1v) is 11.0. The van der Waals surface area contributed by atoms with Crippen LogP contribution < -0.4 is 9.62 Å². The Morgan fingerprint density at radius 1 is 1.23 bits per heavy atom. The molecule has 4 fully saturated rings. The highest BCUT2D eigenvalue weighted by Crippen LogP contribution is 2.52. The number of hydrogen-bond donors (Lipinski definition) is 1. The van der Waals surface area contributed by atoms with Crippen molar-refractivity contribution in [3.8, 4) is 6.07 Å². The molecule has 31 heavy (non-hydrogen) atoms. The van der Waals surface area contributed by atoms with E-state index in [1.807, 2.05) is 0 Å². The van der Waals surface area contributed by atoms with Crippen LogP contribution in [0, 0.1) is 16.7 Å². The van der Waals surface area contributed by atoms with Gasteiger partial charge < -0.3 is 14.6 Å². The van der Waals surface area contributed by atoms with E-state index >= 15 is 0 Å². The van der Waals surface area contributed by atoms with Crippen molar-refractivity contribution in [2.24, 2.45) is 5.41 Å². The van der Waals surface area contributed by atoms with Crippen LogP contribution in [0.4, 0.5) is 18.9 Å². The maximum absolute atomic E-state index is 13.3. The third kappa shape index (κ3) is 4.04. The summed E-state index contributed by atoms with van der Waals surface area (Å²) in [5.41, 5.74) is -2.46. The van der Waals surface area contributed by atoms with Gasteiger partial charge >= 0.3 is 6.18 Å². The van der Waals surface area contributed by atoms with Gasteiger partial charge in [0, 0.05) is 16.8 Å². The molecule has 3 aliphatic carbocycles. The highest BCUT2D eigenvalue weighted by Gasteiger charge is 2.50. The fourth-order valence-corrected chi connectivity index (χ4v) is 5.38. The maximum Gasteiger partial charge on any atom is 0.416 e. The van der Waals surface area contributed by atoms with Gasteiger partial charge in [-0.15, -0.1) is 0 Å². The number of amides is 1. The molecular formula is C20H21F3N3O4S-. The molecule has 168 valence electrons. The summed E-state index contributed by atoms with van der Waals surface area (Å²) in [5, 5.41) is 12.3. The van der Waals surface area contributed by atoms with E-state index in [1.165, 1.54) is 0 Å². The summed E-state index contributed by atoms with van der Waals surface area (Å²) >= 11 is -2.80. The van der Waals surface area contributed by atoms with Gasteiger partial charge in [-0.3, -0.25) is 13.3 Å². The Kier molecular flexibility index (Phi) is 5.52. The quantitative estimate of drug-likeness (QED) is 0.686. The number of benzene rings is 1. The van der Waals surface area contributed by atoms with E-state index in [1.54, 1.807) is 0 Å². The van der Waals surface area contributed by atoms with E-state index in [4.69, 9.17) is 4.74 Å². The molecule has 1 saturated heterocycles. The molecule has 2 bridgehead atoms. The Morgan fingerprint density at radius 2 is 1.84 bits per heavy atom. The van der Waals surface area contributed by atoms with Gasteiger partial charge in [0.25, 0.3) is 5.91 Å². The molecular weight excluding hydrogens is 435 g/mol. The van der Waals surface area contributed by atoms with Crippen molar-refractivity contribution in [2.75, 3.05) is 17.5 Å². The Labute approximate surface area is 180 Å². The molecule has 1 aliphatic heterocycles. The SMILES string of the molecule is N#CC12CCC(NC(=O)c3cc(C(F)(F)F)ccc3N(C3COC3)S(=O)[O-])(CC1)CC2. The van der Waals surface area contributed by atoms with Crippen molar-refractivity contribution >= 4 is 22.9 Å². The number of halogens is 3. The van der Waals surface area contributed by atoms with Crippen molar-refractivity contribution < 1.29 is 31.5 Å². The standard InChI is InChI=1S/C20H22F3N3O4S/c21-20(22,23)13-1-2-16(26(31(28)29)14-10-30-11-14)15(9-13)17(27)25-19-6-3-18(12-24,4-7-19)5-8-19/h1-2,9,14H,3-8,10-11H2,(H,25,27)(H,28,29)/p-1. The zero-order chi connectivity index (χ0) is 22.4. The van der Waals surface area contributed by atoms with Gasteiger partial charge in [-0.05, 0) is 56.7 Å². The molecule has 1 amide bonds. The third-order valence-electron chi connectivity index (χ3n) is 6.78. The molecule has 1 N–H and O–H groups in total. The van der Waals surface area contributed by atoms with Gasteiger partial charge in [-0.1, -0.05) is 0 Å². The summed E-state index contributed by atoms with van der Waals surface area (Å²) in [6, 6.07) is 4.28. The summed E-state index contributed by atoms with van der Waals surface area (Å²) in [5.74, 6) is -0.747. The first kappa shape index (κ1) is 22.0.